The van der Waals surface area contributed by atoms with Crippen molar-refractivity contribution in [3.05, 3.63) is 77.5 Å². The first-order chi connectivity index (χ1) is 12.9. The van der Waals surface area contributed by atoms with Gasteiger partial charge in [-0.05, 0) is 29.8 Å². The molecule has 0 unspecified atom stereocenters. The number of aromatic nitrogens is 1. The third-order valence-corrected chi connectivity index (χ3v) is 4.09. The summed E-state index contributed by atoms with van der Waals surface area (Å²) < 4.78 is 26.5. The van der Waals surface area contributed by atoms with Crippen molar-refractivity contribution in [2.45, 2.75) is 12.5 Å². The molecule has 3 N–H and O–H groups in total. The summed E-state index contributed by atoms with van der Waals surface area (Å²) in [6.45, 7) is 0. The zero-order valence-electron chi connectivity index (χ0n) is 14.1. The van der Waals surface area contributed by atoms with Crippen LogP contribution in [0.1, 0.15) is 11.1 Å². The maximum atomic E-state index is 13.6. The minimum absolute atomic E-state index is 0.0232. The van der Waals surface area contributed by atoms with Crippen molar-refractivity contribution < 1.29 is 23.5 Å². The minimum Gasteiger partial charge on any atom is -0.480 e. The van der Waals surface area contributed by atoms with Crippen LogP contribution in [0, 0.1) is 11.6 Å². The predicted molar refractivity (Wildman–Crippen MR) is 97.0 cm³/mol. The average molecular weight is 370 g/mol. The lowest BCUT2D eigenvalue weighted by Gasteiger charge is -2.13. The van der Waals surface area contributed by atoms with Crippen LogP contribution in [0.3, 0.4) is 0 Å². The molecule has 27 heavy (non-hydrogen) atoms. The number of carboxylic acid groups (broad SMARTS) is 1. The summed E-state index contributed by atoms with van der Waals surface area (Å²) >= 11 is 0. The van der Waals surface area contributed by atoms with Crippen molar-refractivity contribution in [1.82, 2.24) is 10.3 Å². The molecule has 0 radical (unpaired) electrons. The van der Waals surface area contributed by atoms with Crippen LogP contribution in [-0.2, 0) is 16.0 Å². The molecule has 138 valence electrons. The summed E-state index contributed by atoms with van der Waals surface area (Å²) in [5.41, 5.74) is 1.65. The molecule has 5 nitrogen and oxygen atoms in total. The molecule has 0 saturated carbocycles. The van der Waals surface area contributed by atoms with E-state index in [1.165, 1.54) is 6.07 Å². The van der Waals surface area contributed by atoms with Gasteiger partial charge in [0.15, 0.2) is 0 Å². The summed E-state index contributed by atoms with van der Waals surface area (Å²) in [6, 6.07) is 9.24. The number of amides is 1. The van der Waals surface area contributed by atoms with E-state index in [1.807, 2.05) is 24.3 Å². The van der Waals surface area contributed by atoms with Crippen LogP contribution in [-0.4, -0.2) is 28.0 Å². The van der Waals surface area contributed by atoms with Crippen LogP contribution in [0.15, 0.2) is 54.7 Å². The predicted octanol–water partition coefficient (Wildman–Crippen LogP) is 3.27. The Morgan fingerprint density at radius 3 is 2.70 bits per heavy atom. The number of carbonyl (C=O) groups excluding carboxylic acids is 1. The Hall–Kier alpha value is -3.48. The van der Waals surface area contributed by atoms with Gasteiger partial charge in [-0.15, -0.1) is 0 Å². The lowest BCUT2D eigenvalue weighted by molar-refractivity contribution is -0.141. The average Bonchev–Trinajstić information content (AvgIpc) is 3.03. The number of halogens is 2. The normalized spacial score (nSPS) is 12.4. The van der Waals surface area contributed by atoms with Gasteiger partial charge in [-0.3, -0.25) is 4.79 Å². The maximum Gasteiger partial charge on any atom is 0.326 e. The summed E-state index contributed by atoms with van der Waals surface area (Å²) in [4.78, 5) is 26.6. The number of para-hydroxylation sites is 1. The molecule has 0 aliphatic rings. The second-order valence-corrected chi connectivity index (χ2v) is 5.96. The van der Waals surface area contributed by atoms with Crippen molar-refractivity contribution in [3.63, 3.8) is 0 Å². The van der Waals surface area contributed by atoms with Gasteiger partial charge in [-0.2, -0.15) is 0 Å². The molecule has 2 aromatic carbocycles. The number of benzene rings is 2. The Morgan fingerprint density at radius 1 is 1.19 bits per heavy atom. The zero-order chi connectivity index (χ0) is 19.4. The molecule has 1 amide bonds. The molecule has 0 aliphatic carbocycles. The molecule has 3 aromatic rings. The summed E-state index contributed by atoms with van der Waals surface area (Å²) in [7, 11) is 0. The molecule has 0 spiro atoms. The third kappa shape index (κ3) is 4.38. The van der Waals surface area contributed by atoms with Gasteiger partial charge in [0, 0.05) is 41.2 Å². The van der Waals surface area contributed by atoms with E-state index in [2.05, 4.69) is 10.3 Å². The Bertz CT molecular complexity index is 1030. The first-order valence-corrected chi connectivity index (χ1v) is 8.15. The highest BCUT2D eigenvalue weighted by molar-refractivity contribution is 5.94. The van der Waals surface area contributed by atoms with Crippen LogP contribution in [0.4, 0.5) is 8.78 Å². The highest BCUT2D eigenvalue weighted by Gasteiger charge is 2.21. The van der Waals surface area contributed by atoms with Gasteiger partial charge in [-0.1, -0.05) is 18.2 Å². The van der Waals surface area contributed by atoms with E-state index in [1.54, 1.807) is 6.20 Å². The van der Waals surface area contributed by atoms with E-state index in [-0.39, 0.29) is 12.0 Å². The van der Waals surface area contributed by atoms with Gasteiger partial charge in [0.05, 0.1) is 0 Å². The highest BCUT2D eigenvalue weighted by atomic mass is 19.1. The molecule has 1 aromatic heterocycles. The van der Waals surface area contributed by atoms with Crippen molar-refractivity contribution in [2.24, 2.45) is 0 Å². The van der Waals surface area contributed by atoms with Crippen LogP contribution < -0.4 is 5.32 Å². The number of aromatic amines is 1. The smallest absolute Gasteiger partial charge is 0.326 e. The Balaban J connectivity index is 1.71. The maximum absolute atomic E-state index is 13.6. The second kappa shape index (κ2) is 7.82. The fourth-order valence-electron chi connectivity index (χ4n) is 2.74. The SMILES string of the molecule is O=C(/C=C/c1ccc(F)cc1F)N[C@@H](Cc1c[nH]c2ccccc12)C(=O)O. The van der Waals surface area contributed by atoms with Gasteiger partial charge in [-0.25, -0.2) is 13.6 Å². The number of hydrogen-bond acceptors (Lipinski definition) is 2. The van der Waals surface area contributed by atoms with Crippen LogP contribution in [0.25, 0.3) is 17.0 Å². The number of nitrogens with one attached hydrogen (secondary N) is 2. The Kier molecular flexibility index (Phi) is 5.30. The molecule has 7 heteroatoms. The third-order valence-electron chi connectivity index (χ3n) is 4.09. The van der Waals surface area contributed by atoms with Crippen molar-refractivity contribution in [2.75, 3.05) is 0 Å². The molecule has 0 bridgehead atoms. The molecule has 1 atom stereocenters. The van der Waals surface area contributed by atoms with E-state index >= 15 is 0 Å². The molecule has 1 heterocycles. The number of hydrogen-bond donors (Lipinski definition) is 3. The lowest BCUT2D eigenvalue weighted by Crippen LogP contribution is -2.41. The number of fused-ring (bicyclic) bond motifs is 1. The summed E-state index contributed by atoms with van der Waals surface area (Å²) in [5, 5.41) is 12.7. The van der Waals surface area contributed by atoms with E-state index in [9.17, 15) is 23.5 Å². The van der Waals surface area contributed by atoms with Gasteiger partial charge in [0.25, 0.3) is 0 Å². The fourth-order valence-corrected chi connectivity index (χ4v) is 2.74. The van der Waals surface area contributed by atoms with E-state index in [0.29, 0.717) is 6.07 Å². The number of aliphatic carboxylic acids is 1. The van der Waals surface area contributed by atoms with E-state index in [4.69, 9.17) is 0 Å². The monoisotopic (exact) mass is 370 g/mol. The first kappa shape index (κ1) is 18.3. The quantitative estimate of drug-likeness (QED) is 0.583. The number of rotatable bonds is 6. The van der Waals surface area contributed by atoms with E-state index in [0.717, 1.165) is 34.7 Å². The number of carboxylic acids is 1. The molecular formula is C20H16F2N2O3. The molecule has 3 rings (SSSR count). The Morgan fingerprint density at radius 2 is 1.96 bits per heavy atom. The van der Waals surface area contributed by atoms with Gasteiger partial charge in [0.1, 0.15) is 17.7 Å². The molecule has 0 saturated heterocycles. The van der Waals surface area contributed by atoms with Crippen molar-refractivity contribution in [3.8, 4) is 0 Å². The zero-order valence-corrected chi connectivity index (χ0v) is 14.1. The summed E-state index contributed by atoms with van der Waals surface area (Å²) in [5.74, 6) is -3.41. The van der Waals surface area contributed by atoms with Gasteiger partial charge < -0.3 is 15.4 Å². The van der Waals surface area contributed by atoms with Gasteiger partial charge >= 0.3 is 5.97 Å². The van der Waals surface area contributed by atoms with Crippen molar-refractivity contribution in [1.29, 1.82) is 0 Å². The minimum atomic E-state index is -1.19. The number of carbonyl (C=O) groups is 2. The largest absolute Gasteiger partial charge is 0.480 e. The van der Waals surface area contributed by atoms with Gasteiger partial charge in [0.2, 0.25) is 5.91 Å². The van der Waals surface area contributed by atoms with Crippen LogP contribution in [0.5, 0.6) is 0 Å². The molecular weight excluding hydrogens is 354 g/mol. The standard InChI is InChI=1S/C20H16F2N2O3/c21-14-7-5-12(16(22)10-14)6-8-19(25)24-18(20(26)27)9-13-11-23-17-4-2-1-3-15(13)17/h1-8,10-11,18,23H,9H2,(H,24,25)(H,26,27)/b8-6+/t18-/m0/s1. The fraction of sp³-hybridized carbons (Fsp3) is 0.100. The van der Waals surface area contributed by atoms with E-state index < -0.39 is 29.6 Å². The second-order valence-electron chi connectivity index (χ2n) is 5.96. The topological polar surface area (TPSA) is 82.2 Å². The molecule has 0 fully saturated rings. The lowest BCUT2D eigenvalue weighted by atomic mass is 10.0. The first-order valence-electron chi connectivity index (χ1n) is 8.15. The van der Waals surface area contributed by atoms with Crippen LogP contribution >= 0.6 is 0 Å². The Labute approximate surface area is 153 Å². The van der Waals surface area contributed by atoms with Crippen LogP contribution in [0.2, 0.25) is 0 Å². The number of H-pyrrole nitrogens is 1. The summed E-state index contributed by atoms with van der Waals surface area (Å²) in [6.07, 6.45) is 3.97. The molecule has 0 aliphatic heterocycles. The van der Waals surface area contributed by atoms with Crippen molar-refractivity contribution >= 4 is 28.9 Å². The highest BCUT2D eigenvalue weighted by Crippen LogP contribution is 2.19.